The molecule has 1 atom stereocenters. The summed E-state index contributed by atoms with van der Waals surface area (Å²) >= 11 is 0. The van der Waals surface area contributed by atoms with E-state index in [1.807, 2.05) is 0 Å². The molecular formula is C10H11FO4S. The van der Waals surface area contributed by atoms with Crippen molar-refractivity contribution in [2.75, 3.05) is 7.11 Å². The molecule has 0 bridgehead atoms. The molecule has 0 heterocycles. The van der Waals surface area contributed by atoms with Gasteiger partial charge in [-0.25, -0.2) is 12.8 Å². The fourth-order valence-electron chi connectivity index (χ4n) is 1.14. The van der Waals surface area contributed by atoms with Gasteiger partial charge in [0.25, 0.3) is 0 Å². The molecular weight excluding hydrogens is 235 g/mol. The number of rotatable bonds is 3. The molecule has 0 spiro atoms. The van der Waals surface area contributed by atoms with Crippen LogP contribution in [-0.4, -0.2) is 26.7 Å². The Morgan fingerprint density at radius 2 is 2.06 bits per heavy atom. The molecule has 6 heteroatoms. The molecule has 0 amide bonds. The molecule has 0 aliphatic heterocycles. The van der Waals surface area contributed by atoms with Crippen molar-refractivity contribution in [1.82, 2.24) is 0 Å². The molecule has 1 aromatic rings. The Hall–Kier alpha value is -1.43. The highest BCUT2D eigenvalue weighted by Crippen LogP contribution is 2.17. The van der Waals surface area contributed by atoms with Gasteiger partial charge in [0, 0.05) is 0 Å². The van der Waals surface area contributed by atoms with E-state index in [2.05, 4.69) is 4.74 Å². The highest BCUT2D eigenvalue weighted by Gasteiger charge is 2.30. The molecule has 0 aliphatic rings. The van der Waals surface area contributed by atoms with E-state index in [0.29, 0.717) is 0 Å². The van der Waals surface area contributed by atoms with Crippen molar-refractivity contribution in [3.63, 3.8) is 0 Å². The molecule has 0 saturated heterocycles. The Bertz CT molecular complexity index is 495. The number of carbonyl (C=O) groups excluding carboxylic acids is 1. The molecule has 1 aromatic carbocycles. The minimum absolute atomic E-state index is 0.231. The Morgan fingerprint density at radius 1 is 1.44 bits per heavy atom. The maximum atomic E-state index is 12.9. The van der Waals surface area contributed by atoms with Gasteiger partial charge in [-0.05, 0) is 25.1 Å². The first kappa shape index (κ1) is 12.6. The number of methoxy groups -OCH3 is 1. The van der Waals surface area contributed by atoms with E-state index in [0.717, 1.165) is 19.2 Å². The van der Waals surface area contributed by atoms with Crippen LogP contribution in [0, 0.1) is 5.82 Å². The minimum Gasteiger partial charge on any atom is -0.468 e. The summed E-state index contributed by atoms with van der Waals surface area (Å²) in [6.45, 7) is 1.20. The number of sulfone groups is 1. The van der Waals surface area contributed by atoms with Crippen LogP contribution in [-0.2, 0) is 19.4 Å². The fourth-order valence-corrected chi connectivity index (χ4v) is 2.44. The molecule has 0 aliphatic carbocycles. The molecule has 4 nitrogen and oxygen atoms in total. The summed E-state index contributed by atoms with van der Waals surface area (Å²) in [6.07, 6.45) is 0. The number of benzene rings is 1. The van der Waals surface area contributed by atoms with Gasteiger partial charge in [-0.3, -0.25) is 4.79 Å². The van der Waals surface area contributed by atoms with Crippen molar-refractivity contribution in [3.05, 3.63) is 30.1 Å². The van der Waals surface area contributed by atoms with Crippen molar-refractivity contribution in [2.45, 2.75) is 17.1 Å². The van der Waals surface area contributed by atoms with Gasteiger partial charge < -0.3 is 4.74 Å². The summed E-state index contributed by atoms with van der Waals surface area (Å²) in [5, 5.41) is -1.35. The predicted octanol–water partition coefficient (Wildman–Crippen LogP) is 1.16. The van der Waals surface area contributed by atoms with Crippen LogP contribution >= 0.6 is 0 Å². The second kappa shape index (κ2) is 4.61. The Labute approximate surface area is 93.0 Å². The van der Waals surface area contributed by atoms with Crippen molar-refractivity contribution < 1.29 is 22.3 Å². The van der Waals surface area contributed by atoms with E-state index >= 15 is 0 Å². The lowest BCUT2D eigenvalue weighted by Crippen LogP contribution is -2.28. The van der Waals surface area contributed by atoms with E-state index in [4.69, 9.17) is 0 Å². The standard InChI is InChI=1S/C10H11FO4S/c1-7(10(12)15-2)16(13,14)9-5-3-4-8(11)6-9/h3-7H,1-2H3. The monoisotopic (exact) mass is 246 g/mol. The molecule has 0 aromatic heterocycles. The summed E-state index contributed by atoms with van der Waals surface area (Å²) in [5.74, 6) is -1.54. The van der Waals surface area contributed by atoms with Crippen LogP contribution in [0.2, 0.25) is 0 Å². The summed E-state index contributed by atoms with van der Waals surface area (Å²) in [5.41, 5.74) is 0. The van der Waals surface area contributed by atoms with Crippen molar-refractivity contribution >= 4 is 15.8 Å². The lowest BCUT2D eigenvalue weighted by molar-refractivity contribution is -0.139. The number of hydrogen-bond acceptors (Lipinski definition) is 4. The van der Waals surface area contributed by atoms with Gasteiger partial charge in [0.05, 0.1) is 12.0 Å². The minimum atomic E-state index is -3.89. The van der Waals surface area contributed by atoms with Crippen LogP contribution in [0.25, 0.3) is 0 Å². The zero-order valence-electron chi connectivity index (χ0n) is 8.81. The smallest absolute Gasteiger partial charge is 0.324 e. The largest absolute Gasteiger partial charge is 0.468 e. The van der Waals surface area contributed by atoms with Gasteiger partial charge in [-0.15, -0.1) is 0 Å². The van der Waals surface area contributed by atoms with Crippen LogP contribution in [0.4, 0.5) is 4.39 Å². The van der Waals surface area contributed by atoms with Gasteiger partial charge in [0.2, 0.25) is 0 Å². The maximum Gasteiger partial charge on any atom is 0.324 e. The van der Waals surface area contributed by atoms with E-state index in [1.165, 1.54) is 19.1 Å². The zero-order chi connectivity index (χ0) is 12.3. The van der Waals surface area contributed by atoms with Gasteiger partial charge in [0.1, 0.15) is 5.82 Å². The first-order valence-corrected chi connectivity index (χ1v) is 6.01. The number of esters is 1. The van der Waals surface area contributed by atoms with E-state index in [1.54, 1.807) is 0 Å². The summed E-state index contributed by atoms with van der Waals surface area (Å²) < 4.78 is 40.8. The number of ether oxygens (including phenoxy) is 1. The van der Waals surface area contributed by atoms with Crippen LogP contribution in [0.15, 0.2) is 29.2 Å². The molecule has 16 heavy (non-hydrogen) atoms. The molecule has 1 unspecified atom stereocenters. The molecule has 88 valence electrons. The van der Waals surface area contributed by atoms with Crippen LogP contribution < -0.4 is 0 Å². The second-order valence-corrected chi connectivity index (χ2v) is 5.44. The molecule has 0 radical (unpaired) electrons. The zero-order valence-corrected chi connectivity index (χ0v) is 9.62. The van der Waals surface area contributed by atoms with Crippen LogP contribution in [0.3, 0.4) is 0 Å². The third-order valence-electron chi connectivity index (χ3n) is 2.12. The second-order valence-electron chi connectivity index (χ2n) is 3.17. The maximum absolute atomic E-state index is 12.9. The number of carbonyl (C=O) groups is 1. The van der Waals surface area contributed by atoms with E-state index in [-0.39, 0.29) is 4.90 Å². The SMILES string of the molecule is COC(=O)C(C)S(=O)(=O)c1cccc(F)c1. The summed E-state index contributed by atoms with van der Waals surface area (Å²) in [6, 6.07) is 4.50. The average molecular weight is 246 g/mol. The Balaban J connectivity index is 3.17. The molecule has 1 rings (SSSR count). The van der Waals surface area contributed by atoms with Gasteiger partial charge in [-0.2, -0.15) is 0 Å². The third kappa shape index (κ3) is 2.38. The van der Waals surface area contributed by atoms with E-state index < -0.39 is 26.9 Å². The van der Waals surface area contributed by atoms with Crippen LogP contribution in [0.5, 0.6) is 0 Å². The van der Waals surface area contributed by atoms with Gasteiger partial charge in [-0.1, -0.05) is 6.07 Å². The average Bonchev–Trinajstić information content (AvgIpc) is 2.27. The highest BCUT2D eigenvalue weighted by molar-refractivity contribution is 7.92. The molecule has 0 saturated carbocycles. The van der Waals surface area contributed by atoms with Gasteiger partial charge in [0.15, 0.2) is 15.1 Å². The Kier molecular flexibility index (Phi) is 3.64. The number of hydrogen-bond donors (Lipinski definition) is 0. The topological polar surface area (TPSA) is 60.4 Å². The van der Waals surface area contributed by atoms with E-state index in [9.17, 15) is 17.6 Å². The predicted molar refractivity (Wildman–Crippen MR) is 55.1 cm³/mol. The van der Waals surface area contributed by atoms with Gasteiger partial charge >= 0.3 is 5.97 Å². The molecule has 0 fully saturated rings. The van der Waals surface area contributed by atoms with Crippen molar-refractivity contribution in [2.24, 2.45) is 0 Å². The first-order valence-electron chi connectivity index (χ1n) is 4.47. The third-order valence-corrected chi connectivity index (χ3v) is 4.16. The quantitative estimate of drug-likeness (QED) is 0.751. The highest BCUT2D eigenvalue weighted by atomic mass is 32.2. The van der Waals surface area contributed by atoms with Crippen LogP contribution in [0.1, 0.15) is 6.92 Å². The Morgan fingerprint density at radius 3 is 2.56 bits per heavy atom. The lowest BCUT2D eigenvalue weighted by atomic mass is 10.3. The molecule has 0 N–H and O–H groups in total. The van der Waals surface area contributed by atoms with Crippen molar-refractivity contribution in [3.8, 4) is 0 Å². The van der Waals surface area contributed by atoms with Crippen molar-refractivity contribution in [1.29, 1.82) is 0 Å². The summed E-state index contributed by atoms with van der Waals surface area (Å²) in [4.78, 5) is 10.9. The lowest BCUT2D eigenvalue weighted by Gasteiger charge is -2.10. The fraction of sp³-hybridized carbons (Fsp3) is 0.300. The summed E-state index contributed by atoms with van der Waals surface area (Å²) in [7, 11) is -2.79. The normalized spacial score (nSPS) is 13.2. The first-order chi connectivity index (χ1) is 7.39. The number of halogens is 1.